The zero-order valence-electron chi connectivity index (χ0n) is 17.7. The first-order chi connectivity index (χ1) is 15.2. The normalized spacial score (nSPS) is 14.5. The van der Waals surface area contributed by atoms with E-state index in [4.69, 9.17) is 15.9 Å². The van der Waals surface area contributed by atoms with Gasteiger partial charge in [0.25, 0.3) is 0 Å². The Morgan fingerprint density at radius 2 is 1.44 bits per heavy atom. The molecule has 0 aliphatic carbocycles. The Kier molecular flexibility index (Phi) is 12.3. The number of nitrogens with one attached hydrogen (secondary N) is 3. The predicted molar refractivity (Wildman–Crippen MR) is 119 cm³/mol. The second kappa shape index (κ2) is 14.4. The van der Waals surface area contributed by atoms with Gasteiger partial charge in [0, 0.05) is 6.42 Å². The Morgan fingerprint density at radius 1 is 0.906 bits per heavy atom. The quantitative estimate of drug-likeness (QED) is 0.159. The first-order valence-corrected chi connectivity index (χ1v) is 11.3. The molecule has 0 spiro atoms. The maximum atomic E-state index is 12.9. The highest BCUT2D eigenvalue weighted by atomic mass is 32.2. The average molecular weight is 471 g/mol. The zero-order chi connectivity index (χ0) is 24.1. The summed E-state index contributed by atoms with van der Waals surface area (Å²) in [4.78, 5) is 48.5. The highest BCUT2D eigenvalue weighted by Crippen LogP contribution is 2.06. The van der Waals surface area contributed by atoms with E-state index >= 15 is 0 Å². The molecule has 1 aromatic rings. The first-order valence-electron chi connectivity index (χ1n) is 9.87. The van der Waals surface area contributed by atoms with E-state index in [0.717, 1.165) is 5.56 Å². The van der Waals surface area contributed by atoms with Crippen LogP contribution in [0.2, 0.25) is 0 Å². The third-order valence-corrected chi connectivity index (χ3v) is 5.14. The Labute approximate surface area is 190 Å². The summed E-state index contributed by atoms with van der Waals surface area (Å²) in [5.74, 6) is -3.11. The summed E-state index contributed by atoms with van der Waals surface area (Å²) >= 11 is 1.53. The molecule has 178 valence electrons. The van der Waals surface area contributed by atoms with Gasteiger partial charge in [-0.15, -0.1) is 0 Å². The van der Waals surface area contributed by atoms with Crippen LogP contribution < -0.4 is 21.7 Å². The van der Waals surface area contributed by atoms with Crippen molar-refractivity contribution in [2.24, 2.45) is 5.73 Å². The van der Waals surface area contributed by atoms with Crippen LogP contribution in [0.5, 0.6) is 0 Å². The first kappa shape index (κ1) is 27.4. The van der Waals surface area contributed by atoms with E-state index in [-0.39, 0.29) is 6.42 Å². The van der Waals surface area contributed by atoms with Crippen LogP contribution in [0.3, 0.4) is 0 Å². The summed E-state index contributed by atoms with van der Waals surface area (Å²) in [5, 5.41) is 34.4. The predicted octanol–water partition coefficient (Wildman–Crippen LogP) is -2.17. The number of carboxylic acid groups (broad SMARTS) is 1. The van der Waals surface area contributed by atoms with Gasteiger partial charge in [0.2, 0.25) is 17.7 Å². The second-order valence-electron chi connectivity index (χ2n) is 6.96. The molecule has 0 heterocycles. The molecule has 4 unspecified atom stereocenters. The standard InChI is InChI=1S/C20H30N4O7S/c1-32-8-7-13(21)17(27)22-14(9-12-5-3-2-4-6-12)18(28)23-15(10-25)19(29)24-16(11-26)20(30)31/h2-6,13-16,25-26H,7-11,21H2,1H3,(H,22,27)(H,23,28)(H,24,29)(H,30,31). The van der Waals surface area contributed by atoms with Gasteiger partial charge in [-0.25, -0.2) is 4.79 Å². The van der Waals surface area contributed by atoms with Crippen molar-refractivity contribution in [1.29, 1.82) is 0 Å². The van der Waals surface area contributed by atoms with Crippen molar-refractivity contribution in [2.75, 3.05) is 25.2 Å². The topological polar surface area (TPSA) is 191 Å². The minimum Gasteiger partial charge on any atom is -0.480 e. The number of nitrogens with two attached hydrogens (primary N) is 1. The van der Waals surface area contributed by atoms with Crippen LogP contribution in [0.1, 0.15) is 12.0 Å². The Bertz CT molecular complexity index is 766. The van der Waals surface area contributed by atoms with Crippen molar-refractivity contribution in [3.63, 3.8) is 0 Å². The van der Waals surface area contributed by atoms with Gasteiger partial charge in [-0.1, -0.05) is 30.3 Å². The molecule has 1 rings (SSSR count). The number of carbonyl (C=O) groups is 4. The molecule has 0 aromatic heterocycles. The van der Waals surface area contributed by atoms with E-state index in [1.807, 2.05) is 11.6 Å². The van der Waals surface area contributed by atoms with Crippen LogP contribution in [0.4, 0.5) is 0 Å². The molecule has 0 saturated heterocycles. The molecule has 1 aromatic carbocycles. The van der Waals surface area contributed by atoms with E-state index in [1.165, 1.54) is 11.8 Å². The summed E-state index contributed by atoms with van der Waals surface area (Å²) in [6, 6.07) is 3.83. The van der Waals surface area contributed by atoms with Crippen LogP contribution in [-0.4, -0.2) is 88.4 Å². The van der Waals surface area contributed by atoms with E-state index in [0.29, 0.717) is 12.2 Å². The molecule has 11 nitrogen and oxygen atoms in total. The lowest BCUT2D eigenvalue weighted by atomic mass is 10.0. The minimum atomic E-state index is -1.59. The number of carbonyl (C=O) groups excluding carboxylic acids is 3. The highest BCUT2D eigenvalue weighted by Gasteiger charge is 2.30. The third kappa shape index (κ3) is 9.22. The maximum absolute atomic E-state index is 12.9. The third-order valence-electron chi connectivity index (χ3n) is 4.50. The molecular weight excluding hydrogens is 440 g/mol. The van der Waals surface area contributed by atoms with Gasteiger partial charge >= 0.3 is 5.97 Å². The molecule has 3 amide bonds. The summed E-state index contributed by atoms with van der Waals surface area (Å²) in [6.07, 6.45) is 2.38. The van der Waals surface area contributed by atoms with Crippen molar-refractivity contribution in [3.05, 3.63) is 35.9 Å². The van der Waals surface area contributed by atoms with Crippen molar-refractivity contribution in [1.82, 2.24) is 16.0 Å². The zero-order valence-corrected chi connectivity index (χ0v) is 18.5. The second-order valence-corrected chi connectivity index (χ2v) is 7.95. The van der Waals surface area contributed by atoms with Gasteiger partial charge in [0.15, 0.2) is 0 Å². The SMILES string of the molecule is CSCCC(N)C(=O)NC(Cc1ccccc1)C(=O)NC(CO)C(=O)NC(CO)C(=O)O. The molecule has 32 heavy (non-hydrogen) atoms. The number of aliphatic carboxylic acids is 1. The number of amides is 3. The van der Waals surface area contributed by atoms with Gasteiger partial charge in [-0.2, -0.15) is 11.8 Å². The van der Waals surface area contributed by atoms with Crippen LogP contribution in [-0.2, 0) is 25.6 Å². The van der Waals surface area contributed by atoms with Gasteiger partial charge in [-0.05, 0) is 24.0 Å². The Hall–Kier alpha value is -2.67. The molecule has 0 aliphatic heterocycles. The van der Waals surface area contributed by atoms with Crippen molar-refractivity contribution in [2.45, 2.75) is 37.0 Å². The number of thioether (sulfide) groups is 1. The number of aliphatic hydroxyl groups excluding tert-OH is 2. The lowest BCUT2D eigenvalue weighted by molar-refractivity contribution is -0.143. The minimum absolute atomic E-state index is 0.0990. The van der Waals surface area contributed by atoms with Gasteiger partial charge < -0.3 is 37.0 Å². The Balaban J connectivity index is 2.93. The fourth-order valence-corrected chi connectivity index (χ4v) is 3.13. The molecule has 4 atom stereocenters. The fourth-order valence-electron chi connectivity index (χ4n) is 2.64. The molecule has 8 N–H and O–H groups in total. The number of carboxylic acids is 1. The number of hydrogen-bond donors (Lipinski definition) is 7. The van der Waals surface area contributed by atoms with Crippen molar-refractivity contribution in [3.8, 4) is 0 Å². The molecule has 0 saturated carbocycles. The van der Waals surface area contributed by atoms with E-state index < -0.39 is 61.1 Å². The number of benzene rings is 1. The van der Waals surface area contributed by atoms with Gasteiger partial charge in [-0.3, -0.25) is 14.4 Å². The average Bonchev–Trinajstić information content (AvgIpc) is 2.78. The van der Waals surface area contributed by atoms with Crippen molar-refractivity contribution < 1.29 is 34.5 Å². The maximum Gasteiger partial charge on any atom is 0.328 e. The number of hydrogen-bond acceptors (Lipinski definition) is 8. The van der Waals surface area contributed by atoms with Crippen LogP contribution in [0, 0.1) is 0 Å². The molecule has 0 bridgehead atoms. The fraction of sp³-hybridized carbons (Fsp3) is 0.500. The largest absolute Gasteiger partial charge is 0.480 e. The smallest absolute Gasteiger partial charge is 0.328 e. The monoisotopic (exact) mass is 470 g/mol. The number of rotatable bonds is 14. The summed E-state index contributed by atoms with van der Waals surface area (Å²) < 4.78 is 0. The van der Waals surface area contributed by atoms with Gasteiger partial charge in [0.05, 0.1) is 19.3 Å². The summed E-state index contributed by atoms with van der Waals surface area (Å²) in [7, 11) is 0. The van der Waals surface area contributed by atoms with Gasteiger partial charge in [0.1, 0.15) is 18.1 Å². The van der Waals surface area contributed by atoms with Crippen LogP contribution >= 0.6 is 11.8 Å². The molecule has 0 radical (unpaired) electrons. The van der Waals surface area contributed by atoms with E-state index in [1.54, 1.807) is 30.3 Å². The molecular formula is C20H30N4O7S. The lowest BCUT2D eigenvalue weighted by Gasteiger charge is -2.24. The van der Waals surface area contributed by atoms with E-state index in [2.05, 4.69) is 10.6 Å². The summed E-state index contributed by atoms with van der Waals surface area (Å²) in [5.41, 5.74) is 6.62. The highest BCUT2D eigenvalue weighted by molar-refractivity contribution is 7.98. The molecule has 0 fully saturated rings. The van der Waals surface area contributed by atoms with Crippen LogP contribution in [0.15, 0.2) is 30.3 Å². The number of aliphatic hydroxyl groups is 2. The van der Waals surface area contributed by atoms with E-state index in [9.17, 15) is 24.3 Å². The summed E-state index contributed by atoms with van der Waals surface area (Å²) in [6.45, 7) is -1.69. The Morgan fingerprint density at radius 3 is 1.97 bits per heavy atom. The molecule has 0 aliphatic rings. The lowest BCUT2D eigenvalue weighted by Crippen LogP contribution is -2.58. The van der Waals surface area contributed by atoms with Crippen molar-refractivity contribution >= 4 is 35.5 Å². The van der Waals surface area contributed by atoms with Crippen LogP contribution in [0.25, 0.3) is 0 Å². The molecule has 12 heteroatoms.